The normalized spacial score (nSPS) is 11.1. The number of nitrogens with one attached hydrogen (secondary N) is 2. The molecule has 2 amide bonds. The number of hydrogen-bond acceptors (Lipinski definition) is 3. The minimum atomic E-state index is -4.81. The molecule has 0 spiro atoms. The maximum Gasteiger partial charge on any atom is 0.416 e. The van der Waals surface area contributed by atoms with Gasteiger partial charge in [-0.15, -0.1) is 0 Å². The number of carbonyl (C=O) groups excluding carboxylic acids is 2. The standard InChI is InChI=1S/C20H12ClF4N3O2/c21-17-16(28-18(29)11-4-2-1-3-5-11)9-15(10-26-17)27-19(30)12-6-13(20(23,24)25)8-14(22)7-12/h1-10H,(H,27,30)(H,28,29). The van der Waals surface area contributed by atoms with E-state index in [2.05, 4.69) is 15.6 Å². The number of aromatic nitrogens is 1. The van der Waals surface area contributed by atoms with Crippen molar-refractivity contribution in [1.82, 2.24) is 4.98 Å². The summed E-state index contributed by atoms with van der Waals surface area (Å²) >= 11 is 5.96. The summed E-state index contributed by atoms with van der Waals surface area (Å²) in [7, 11) is 0. The van der Waals surface area contributed by atoms with Crippen LogP contribution in [-0.4, -0.2) is 16.8 Å². The van der Waals surface area contributed by atoms with Gasteiger partial charge in [-0.2, -0.15) is 13.2 Å². The zero-order chi connectivity index (χ0) is 21.9. The Labute approximate surface area is 172 Å². The first-order chi connectivity index (χ1) is 14.1. The highest BCUT2D eigenvalue weighted by molar-refractivity contribution is 6.32. The first kappa shape index (κ1) is 21.3. The van der Waals surface area contributed by atoms with E-state index in [1.54, 1.807) is 30.3 Å². The van der Waals surface area contributed by atoms with E-state index >= 15 is 0 Å². The summed E-state index contributed by atoms with van der Waals surface area (Å²) in [6.07, 6.45) is -3.67. The maximum atomic E-state index is 13.5. The molecular formula is C20H12ClF4N3O2. The fourth-order valence-corrected chi connectivity index (χ4v) is 2.63. The molecule has 10 heteroatoms. The first-order valence-corrected chi connectivity index (χ1v) is 8.72. The molecular weight excluding hydrogens is 426 g/mol. The second kappa shape index (κ2) is 8.50. The van der Waals surface area contributed by atoms with E-state index in [1.165, 1.54) is 6.07 Å². The molecule has 5 nitrogen and oxygen atoms in total. The highest BCUT2D eigenvalue weighted by Gasteiger charge is 2.32. The number of hydrogen-bond donors (Lipinski definition) is 2. The van der Waals surface area contributed by atoms with Crippen LogP contribution in [-0.2, 0) is 6.18 Å². The molecule has 154 valence electrons. The number of alkyl halides is 3. The van der Waals surface area contributed by atoms with Gasteiger partial charge >= 0.3 is 6.18 Å². The van der Waals surface area contributed by atoms with E-state index in [0.717, 1.165) is 6.20 Å². The van der Waals surface area contributed by atoms with E-state index in [9.17, 15) is 27.2 Å². The van der Waals surface area contributed by atoms with Gasteiger partial charge in [-0.1, -0.05) is 29.8 Å². The average molecular weight is 438 g/mol. The van der Waals surface area contributed by atoms with Gasteiger partial charge in [0, 0.05) is 11.1 Å². The van der Waals surface area contributed by atoms with Crippen molar-refractivity contribution in [2.75, 3.05) is 10.6 Å². The maximum absolute atomic E-state index is 13.5. The van der Waals surface area contributed by atoms with Crippen molar-refractivity contribution >= 4 is 34.8 Å². The molecule has 0 aliphatic rings. The molecule has 3 rings (SSSR count). The molecule has 0 saturated heterocycles. The molecule has 3 aromatic rings. The predicted molar refractivity (Wildman–Crippen MR) is 103 cm³/mol. The molecule has 30 heavy (non-hydrogen) atoms. The third-order valence-electron chi connectivity index (χ3n) is 3.87. The summed E-state index contributed by atoms with van der Waals surface area (Å²) < 4.78 is 52.0. The van der Waals surface area contributed by atoms with Crippen LogP contribution in [0, 0.1) is 5.82 Å². The molecule has 1 heterocycles. The summed E-state index contributed by atoms with van der Waals surface area (Å²) in [5.41, 5.74) is -1.38. The Morgan fingerprint density at radius 3 is 2.23 bits per heavy atom. The Kier molecular flexibility index (Phi) is 6.02. The first-order valence-electron chi connectivity index (χ1n) is 8.34. The molecule has 0 aliphatic carbocycles. The zero-order valence-corrected chi connectivity index (χ0v) is 15.7. The van der Waals surface area contributed by atoms with Gasteiger partial charge in [0.2, 0.25) is 0 Å². The Bertz CT molecular complexity index is 1100. The van der Waals surface area contributed by atoms with Crippen LogP contribution in [0.3, 0.4) is 0 Å². The Morgan fingerprint density at radius 1 is 0.900 bits per heavy atom. The van der Waals surface area contributed by atoms with Crippen molar-refractivity contribution in [1.29, 1.82) is 0 Å². The summed E-state index contributed by atoms with van der Waals surface area (Å²) in [5, 5.41) is 4.76. The fraction of sp³-hybridized carbons (Fsp3) is 0.0500. The van der Waals surface area contributed by atoms with Gasteiger partial charge in [0.05, 0.1) is 23.1 Å². The van der Waals surface area contributed by atoms with Crippen molar-refractivity contribution in [2.24, 2.45) is 0 Å². The van der Waals surface area contributed by atoms with Gasteiger partial charge in [0.15, 0.2) is 5.15 Å². The van der Waals surface area contributed by atoms with Crippen molar-refractivity contribution in [3.8, 4) is 0 Å². The smallest absolute Gasteiger partial charge is 0.321 e. The summed E-state index contributed by atoms with van der Waals surface area (Å²) in [6.45, 7) is 0. The summed E-state index contributed by atoms with van der Waals surface area (Å²) in [4.78, 5) is 28.4. The van der Waals surface area contributed by atoms with E-state index in [-0.39, 0.29) is 22.6 Å². The molecule has 0 atom stereocenters. The second-order valence-corrected chi connectivity index (χ2v) is 6.42. The number of carbonyl (C=O) groups is 2. The largest absolute Gasteiger partial charge is 0.416 e. The van der Waals surface area contributed by atoms with E-state index < -0.39 is 34.9 Å². The van der Waals surface area contributed by atoms with Crippen LogP contribution in [0.1, 0.15) is 26.3 Å². The highest BCUT2D eigenvalue weighted by atomic mass is 35.5. The van der Waals surface area contributed by atoms with E-state index in [0.29, 0.717) is 17.7 Å². The molecule has 0 fully saturated rings. The SMILES string of the molecule is O=C(Nc1cnc(Cl)c(NC(=O)c2ccccc2)c1)c1cc(F)cc(C(F)(F)F)c1. The third kappa shape index (κ3) is 5.12. The van der Waals surface area contributed by atoms with Crippen LogP contribution in [0.15, 0.2) is 60.8 Å². The van der Waals surface area contributed by atoms with Crippen molar-refractivity contribution in [3.05, 3.63) is 88.5 Å². The molecule has 0 aliphatic heterocycles. The van der Waals surface area contributed by atoms with Crippen molar-refractivity contribution in [3.63, 3.8) is 0 Å². The summed E-state index contributed by atoms with van der Waals surface area (Å²) in [6, 6.07) is 11.0. The van der Waals surface area contributed by atoms with Crippen LogP contribution in [0.25, 0.3) is 0 Å². The van der Waals surface area contributed by atoms with Gasteiger partial charge in [-0.25, -0.2) is 9.37 Å². The molecule has 0 radical (unpaired) electrons. The van der Waals surface area contributed by atoms with Crippen LogP contribution in [0.5, 0.6) is 0 Å². The number of benzene rings is 2. The summed E-state index contributed by atoms with van der Waals surface area (Å²) in [5.74, 6) is -2.69. The van der Waals surface area contributed by atoms with Crippen LogP contribution >= 0.6 is 11.6 Å². The molecule has 2 aromatic carbocycles. The molecule has 2 N–H and O–H groups in total. The lowest BCUT2D eigenvalue weighted by Crippen LogP contribution is -2.16. The number of nitrogens with zero attached hydrogens (tertiary/aromatic N) is 1. The number of pyridine rings is 1. The minimum absolute atomic E-state index is 0.0329. The van der Waals surface area contributed by atoms with Gasteiger partial charge in [0.1, 0.15) is 5.82 Å². The van der Waals surface area contributed by atoms with Crippen molar-refractivity contribution < 1.29 is 27.2 Å². The predicted octanol–water partition coefficient (Wildman–Crippen LogP) is 5.40. The number of rotatable bonds is 4. The van der Waals surface area contributed by atoms with Gasteiger partial charge in [-0.3, -0.25) is 9.59 Å². The van der Waals surface area contributed by atoms with Crippen LogP contribution < -0.4 is 10.6 Å². The monoisotopic (exact) mass is 437 g/mol. The number of anilines is 2. The average Bonchev–Trinajstić information content (AvgIpc) is 2.70. The lowest BCUT2D eigenvalue weighted by Gasteiger charge is -2.12. The third-order valence-corrected chi connectivity index (χ3v) is 4.17. The lowest BCUT2D eigenvalue weighted by molar-refractivity contribution is -0.137. The second-order valence-electron chi connectivity index (χ2n) is 6.06. The van der Waals surface area contributed by atoms with Gasteiger partial charge in [0.25, 0.3) is 11.8 Å². The van der Waals surface area contributed by atoms with Gasteiger partial charge < -0.3 is 10.6 Å². The van der Waals surface area contributed by atoms with Crippen molar-refractivity contribution in [2.45, 2.75) is 6.18 Å². The molecule has 1 aromatic heterocycles. The van der Waals surface area contributed by atoms with Crippen LogP contribution in [0.2, 0.25) is 5.15 Å². The number of halogens is 5. The fourth-order valence-electron chi connectivity index (χ4n) is 2.48. The molecule has 0 saturated carbocycles. The van der Waals surface area contributed by atoms with Crippen LogP contribution in [0.4, 0.5) is 28.9 Å². The minimum Gasteiger partial charge on any atom is -0.321 e. The zero-order valence-electron chi connectivity index (χ0n) is 14.9. The quantitative estimate of drug-likeness (QED) is 0.424. The molecule has 0 bridgehead atoms. The molecule has 0 unspecified atom stereocenters. The lowest BCUT2D eigenvalue weighted by atomic mass is 10.1. The number of amides is 2. The van der Waals surface area contributed by atoms with Gasteiger partial charge in [-0.05, 0) is 36.4 Å². The van der Waals surface area contributed by atoms with E-state index in [4.69, 9.17) is 11.6 Å². The highest BCUT2D eigenvalue weighted by Crippen LogP contribution is 2.31. The topological polar surface area (TPSA) is 71.1 Å². The Morgan fingerprint density at radius 2 is 1.57 bits per heavy atom. The van der Waals surface area contributed by atoms with E-state index in [1.807, 2.05) is 0 Å². The Balaban J connectivity index is 1.81. The Hall–Kier alpha value is -3.46.